The number of hydrogen-bond acceptors (Lipinski definition) is 8. The molecule has 1 N–H and O–H groups in total. The van der Waals surface area contributed by atoms with Crippen LogP contribution in [0.3, 0.4) is 0 Å². The summed E-state index contributed by atoms with van der Waals surface area (Å²) >= 11 is 0. The molecule has 1 saturated heterocycles. The number of halogens is 1. The molecule has 0 spiro atoms. The first-order chi connectivity index (χ1) is 14.6. The summed E-state index contributed by atoms with van der Waals surface area (Å²) in [5.74, 6) is 0.142. The second-order valence-electron chi connectivity index (χ2n) is 6.79. The van der Waals surface area contributed by atoms with Gasteiger partial charge in [0.25, 0.3) is 0 Å². The lowest BCUT2D eigenvalue weighted by atomic mass is 10.2. The van der Waals surface area contributed by atoms with Crippen molar-refractivity contribution < 1.29 is 9.31 Å². The van der Waals surface area contributed by atoms with Crippen LogP contribution in [0.25, 0.3) is 0 Å². The van der Waals surface area contributed by atoms with E-state index in [9.17, 15) is 14.5 Å². The Kier molecular flexibility index (Phi) is 5.64. The van der Waals surface area contributed by atoms with Crippen molar-refractivity contribution >= 4 is 23.0 Å². The van der Waals surface area contributed by atoms with E-state index in [1.807, 2.05) is 15.9 Å². The van der Waals surface area contributed by atoms with Gasteiger partial charge in [0.2, 0.25) is 11.6 Å². The van der Waals surface area contributed by atoms with Crippen LogP contribution < -0.4 is 15.1 Å². The van der Waals surface area contributed by atoms with Crippen molar-refractivity contribution in [3.63, 3.8) is 0 Å². The van der Waals surface area contributed by atoms with Gasteiger partial charge in [0.1, 0.15) is 12.1 Å². The first-order valence-corrected chi connectivity index (χ1v) is 9.50. The molecule has 10 heteroatoms. The number of piperazine rings is 1. The molecule has 2 aromatic heterocycles. The van der Waals surface area contributed by atoms with Gasteiger partial charge in [-0.05, 0) is 23.8 Å². The fraction of sp³-hybridized carbons (Fsp3) is 0.250. The molecule has 3 heterocycles. The zero-order valence-electron chi connectivity index (χ0n) is 16.1. The van der Waals surface area contributed by atoms with Gasteiger partial charge in [-0.3, -0.25) is 15.1 Å². The molecule has 1 fully saturated rings. The number of para-hydroxylation sites is 1. The molecule has 0 aliphatic carbocycles. The van der Waals surface area contributed by atoms with Crippen molar-refractivity contribution in [1.82, 2.24) is 15.0 Å². The average molecular weight is 409 g/mol. The van der Waals surface area contributed by atoms with E-state index < -0.39 is 4.92 Å². The zero-order valence-corrected chi connectivity index (χ0v) is 16.1. The van der Waals surface area contributed by atoms with E-state index in [2.05, 4.69) is 20.3 Å². The third-order valence-corrected chi connectivity index (χ3v) is 4.94. The van der Waals surface area contributed by atoms with Crippen molar-refractivity contribution in [3.8, 4) is 0 Å². The summed E-state index contributed by atoms with van der Waals surface area (Å²) in [5, 5.41) is 14.8. The van der Waals surface area contributed by atoms with Gasteiger partial charge in [0.15, 0.2) is 0 Å². The van der Waals surface area contributed by atoms with Crippen LogP contribution in [0.5, 0.6) is 0 Å². The Balaban J connectivity index is 1.51. The first-order valence-electron chi connectivity index (χ1n) is 9.50. The zero-order chi connectivity index (χ0) is 20.9. The molecule has 30 heavy (non-hydrogen) atoms. The molecule has 0 amide bonds. The summed E-state index contributed by atoms with van der Waals surface area (Å²) in [6.45, 7) is 2.37. The van der Waals surface area contributed by atoms with E-state index >= 15 is 0 Å². The molecule has 1 aliphatic heterocycles. The van der Waals surface area contributed by atoms with E-state index in [1.165, 1.54) is 12.4 Å². The summed E-state index contributed by atoms with van der Waals surface area (Å²) in [5.41, 5.74) is 1.25. The Morgan fingerprint density at radius 3 is 2.53 bits per heavy atom. The number of hydrogen-bond donors (Lipinski definition) is 1. The SMILES string of the molecule is O=[N+]([O-])c1c(NCc2cccnc2)ncnc1N1CCN(c2ccccc2F)CC1. The maximum Gasteiger partial charge on any atom is 0.353 e. The number of pyridine rings is 1. The highest BCUT2D eigenvalue weighted by Crippen LogP contribution is 2.33. The van der Waals surface area contributed by atoms with Crippen molar-refractivity contribution in [2.75, 3.05) is 41.3 Å². The Morgan fingerprint density at radius 1 is 1.07 bits per heavy atom. The summed E-state index contributed by atoms with van der Waals surface area (Å²) < 4.78 is 14.1. The van der Waals surface area contributed by atoms with E-state index in [0.717, 1.165) is 5.56 Å². The Bertz CT molecular complexity index is 1030. The quantitative estimate of drug-likeness (QED) is 0.490. The lowest BCUT2D eigenvalue weighted by Gasteiger charge is -2.36. The number of nitro groups is 1. The van der Waals surface area contributed by atoms with Crippen LogP contribution in [0.15, 0.2) is 55.1 Å². The van der Waals surface area contributed by atoms with Crippen molar-refractivity contribution in [2.24, 2.45) is 0 Å². The molecular formula is C20H20FN7O2. The van der Waals surface area contributed by atoms with Crippen LogP contribution in [0, 0.1) is 15.9 Å². The lowest BCUT2D eigenvalue weighted by Crippen LogP contribution is -2.47. The first kappa shape index (κ1) is 19.5. The molecule has 9 nitrogen and oxygen atoms in total. The van der Waals surface area contributed by atoms with Crippen LogP contribution in [0.1, 0.15) is 5.56 Å². The molecular weight excluding hydrogens is 389 g/mol. The summed E-state index contributed by atoms with van der Waals surface area (Å²) in [7, 11) is 0. The van der Waals surface area contributed by atoms with Gasteiger partial charge in [-0.2, -0.15) is 0 Å². The van der Waals surface area contributed by atoms with E-state index in [1.54, 1.807) is 36.7 Å². The fourth-order valence-corrected chi connectivity index (χ4v) is 3.45. The maximum atomic E-state index is 14.1. The number of rotatable bonds is 6. The molecule has 3 aromatic rings. The molecule has 0 atom stereocenters. The molecule has 0 bridgehead atoms. The monoisotopic (exact) mass is 409 g/mol. The van der Waals surface area contributed by atoms with Crippen LogP contribution >= 0.6 is 0 Å². The molecule has 4 rings (SSSR count). The summed E-state index contributed by atoms with van der Waals surface area (Å²) in [4.78, 5) is 27.4. The largest absolute Gasteiger partial charge is 0.366 e. The van der Waals surface area contributed by atoms with Gasteiger partial charge in [0, 0.05) is 45.1 Å². The molecule has 0 saturated carbocycles. The molecule has 0 unspecified atom stereocenters. The number of benzene rings is 1. The van der Waals surface area contributed by atoms with Crippen LogP contribution in [0.4, 0.5) is 27.4 Å². The van der Waals surface area contributed by atoms with Crippen LogP contribution in [0.2, 0.25) is 0 Å². The molecule has 0 radical (unpaired) electrons. The van der Waals surface area contributed by atoms with E-state index in [4.69, 9.17) is 0 Å². The number of nitrogens with one attached hydrogen (secondary N) is 1. The van der Waals surface area contributed by atoms with Crippen molar-refractivity contribution in [2.45, 2.75) is 6.54 Å². The number of anilines is 3. The lowest BCUT2D eigenvalue weighted by molar-refractivity contribution is -0.383. The molecule has 1 aromatic carbocycles. The van der Waals surface area contributed by atoms with Crippen LogP contribution in [-0.4, -0.2) is 46.1 Å². The van der Waals surface area contributed by atoms with E-state index in [0.29, 0.717) is 38.4 Å². The minimum Gasteiger partial charge on any atom is -0.366 e. The van der Waals surface area contributed by atoms with Gasteiger partial charge in [-0.15, -0.1) is 0 Å². The smallest absolute Gasteiger partial charge is 0.353 e. The average Bonchev–Trinajstić information content (AvgIpc) is 2.78. The maximum absolute atomic E-state index is 14.1. The molecule has 154 valence electrons. The van der Waals surface area contributed by atoms with Gasteiger partial charge in [-0.25, -0.2) is 14.4 Å². The minimum absolute atomic E-state index is 0.158. The third-order valence-electron chi connectivity index (χ3n) is 4.94. The second kappa shape index (κ2) is 8.68. The predicted octanol–water partition coefficient (Wildman–Crippen LogP) is 2.86. The highest BCUT2D eigenvalue weighted by atomic mass is 19.1. The summed E-state index contributed by atoms with van der Waals surface area (Å²) in [6, 6.07) is 10.3. The van der Waals surface area contributed by atoms with Gasteiger partial charge in [0.05, 0.1) is 10.6 Å². The van der Waals surface area contributed by atoms with Gasteiger partial charge >= 0.3 is 5.69 Å². The van der Waals surface area contributed by atoms with Crippen LogP contribution in [-0.2, 0) is 6.54 Å². The highest BCUT2D eigenvalue weighted by Gasteiger charge is 2.29. The minimum atomic E-state index is -0.468. The van der Waals surface area contributed by atoms with Crippen molar-refractivity contribution in [1.29, 1.82) is 0 Å². The standard InChI is InChI=1S/C20H20FN7O2/c21-16-5-1-2-6-17(16)26-8-10-27(11-9-26)20-18(28(29)30)19(24-14-25-20)23-13-15-4-3-7-22-12-15/h1-7,12,14H,8-11,13H2,(H,23,24,25). The Labute approximate surface area is 172 Å². The fourth-order valence-electron chi connectivity index (χ4n) is 3.45. The molecule has 1 aliphatic rings. The Morgan fingerprint density at radius 2 is 1.83 bits per heavy atom. The topological polar surface area (TPSA) is 100 Å². The van der Waals surface area contributed by atoms with Crippen molar-refractivity contribution in [3.05, 3.63) is 76.6 Å². The second-order valence-corrected chi connectivity index (χ2v) is 6.79. The Hall–Kier alpha value is -3.82. The predicted molar refractivity (Wildman–Crippen MR) is 111 cm³/mol. The summed E-state index contributed by atoms with van der Waals surface area (Å²) in [6.07, 6.45) is 4.66. The third kappa shape index (κ3) is 4.12. The normalized spacial score (nSPS) is 13.9. The van der Waals surface area contributed by atoms with Gasteiger partial charge in [-0.1, -0.05) is 18.2 Å². The number of nitrogens with zero attached hydrogens (tertiary/aromatic N) is 6. The van der Waals surface area contributed by atoms with E-state index in [-0.39, 0.29) is 23.1 Å². The number of aromatic nitrogens is 3. The van der Waals surface area contributed by atoms with Gasteiger partial charge < -0.3 is 15.1 Å². The highest BCUT2D eigenvalue weighted by molar-refractivity contribution is 5.70.